The molecule has 1 unspecified atom stereocenters. The number of nitrogens with zero attached hydrogens (tertiary/aromatic N) is 1. The first-order chi connectivity index (χ1) is 10.5. The van der Waals surface area contributed by atoms with Crippen molar-refractivity contribution >= 4 is 17.7 Å². The third-order valence-corrected chi connectivity index (χ3v) is 4.34. The van der Waals surface area contributed by atoms with Gasteiger partial charge in [-0.1, -0.05) is 0 Å². The molecule has 1 atom stereocenters. The fourth-order valence-corrected chi connectivity index (χ4v) is 2.73. The van der Waals surface area contributed by atoms with E-state index in [1.807, 2.05) is 45.0 Å². The van der Waals surface area contributed by atoms with Gasteiger partial charge in [0.15, 0.2) is 0 Å². The van der Waals surface area contributed by atoms with Crippen LogP contribution in [0.2, 0.25) is 0 Å². The van der Waals surface area contributed by atoms with Gasteiger partial charge in [-0.25, -0.2) is 4.98 Å². The second-order valence-corrected chi connectivity index (χ2v) is 6.32. The molecule has 2 rings (SSSR count). The standard InChI is InChI=1S/C16H20N2O3S/c1-10-11(2)21-15(18-10)9-17-16(19)12(3)22-14-7-5-13(20-4)6-8-14/h5-8,12H,9H2,1-4H3,(H,17,19). The van der Waals surface area contributed by atoms with Crippen molar-refractivity contribution in [3.05, 3.63) is 41.6 Å². The van der Waals surface area contributed by atoms with Crippen molar-refractivity contribution in [1.29, 1.82) is 0 Å². The van der Waals surface area contributed by atoms with Gasteiger partial charge in [-0.15, -0.1) is 11.8 Å². The van der Waals surface area contributed by atoms with Crippen molar-refractivity contribution in [2.45, 2.75) is 37.5 Å². The molecule has 6 heteroatoms. The van der Waals surface area contributed by atoms with E-state index in [1.165, 1.54) is 11.8 Å². The average molecular weight is 320 g/mol. The summed E-state index contributed by atoms with van der Waals surface area (Å²) in [6.45, 7) is 5.92. The van der Waals surface area contributed by atoms with E-state index in [9.17, 15) is 4.79 Å². The Bertz CT molecular complexity index is 618. The summed E-state index contributed by atoms with van der Waals surface area (Å²) < 4.78 is 10.6. The molecule has 0 bridgehead atoms. The van der Waals surface area contributed by atoms with Gasteiger partial charge in [0, 0.05) is 4.90 Å². The topological polar surface area (TPSA) is 64.4 Å². The van der Waals surface area contributed by atoms with E-state index in [-0.39, 0.29) is 11.2 Å². The molecule has 1 aromatic heterocycles. The van der Waals surface area contributed by atoms with Gasteiger partial charge in [-0.3, -0.25) is 4.79 Å². The summed E-state index contributed by atoms with van der Waals surface area (Å²) in [6, 6.07) is 7.64. The number of amides is 1. The molecule has 0 spiro atoms. The lowest BCUT2D eigenvalue weighted by atomic mass is 10.3. The van der Waals surface area contributed by atoms with Gasteiger partial charge in [0.05, 0.1) is 24.6 Å². The van der Waals surface area contributed by atoms with Crippen LogP contribution in [0.25, 0.3) is 0 Å². The molecule has 1 heterocycles. The lowest BCUT2D eigenvalue weighted by molar-refractivity contribution is -0.120. The first kappa shape index (κ1) is 16.4. The van der Waals surface area contributed by atoms with Crippen LogP contribution >= 0.6 is 11.8 Å². The minimum absolute atomic E-state index is 0.0469. The molecule has 118 valence electrons. The van der Waals surface area contributed by atoms with E-state index in [4.69, 9.17) is 9.15 Å². The van der Waals surface area contributed by atoms with Crippen LogP contribution in [-0.2, 0) is 11.3 Å². The number of aryl methyl sites for hydroxylation is 2. The molecule has 0 aliphatic rings. The smallest absolute Gasteiger partial charge is 0.233 e. The number of benzene rings is 1. The van der Waals surface area contributed by atoms with Crippen LogP contribution in [0.15, 0.2) is 33.6 Å². The predicted octanol–water partition coefficient (Wildman–Crippen LogP) is 3.10. The maximum absolute atomic E-state index is 12.1. The number of hydrogen-bond acceptors (Lipinski definition) is 5. The zero-order valence-corrected chi connectivity index (χ0v) is 14.0. The second-order valence-electron chi connectivity index (χ2n) is 4.90. The summed E-state index contributed by atoms with van der Waals surface area (Å²) in [4.78, 5) is 17.4. The van der Waals surface area contributed by atoms with Gasteiger partial charge < -0.3 is 14.5 Å². The van der Waals surface area contributed by atoms with E-state index in [0.29, 0.717) is 12.4 Å². The molecule has 0 aliphatic heterocycles. The van der Waals surface area contributed by atoms with E-state index >= 15 is 0 Å². The molecular formula is C16H20N2O3S. The molecule has 1 aromatic carbocycles. The molecule has 5 nitrogen and oxygen atoms in total. The number of carbonyl (C=O) groups is 1. The first-order valence-electron chi connectivity index (χ1n) is 7.01. The Morgan fingerprint density at radius 2 is 2.05 bits per heavy atom. The Hall–Kier alpha value is -1.95. The first-order valence-corrected chi connectivity index (χ1v) is 7.89. The van der Waals surface area contributed by atoms with Crippen molar-refractivity contribution in [3.8, 4) is 5.75 Å². The number of ether oxygens (including phenoxy) is 1. The van der Waals surface area contributed by atoms with Crippen LogP contribution in [0.5, 0.6) is 5.75 Å². The van der Waals surface area contributed by atoms with Crippen LogP contribution in [-0.4, -0.2) is 23.3 Å². The molecular weight excluding hydrogens is 300 g/mol. The fraction of sp³-hybridized carbons (Fsp3) is 0.375. The zero-order valence-electron chi connectivity index (χ0n) is 13.2. The van der Waals surface area contributed by atoms with Crippen LogP contribution in [0.4, 0.5) is 0 Å². The Morgan fingerprint density at radius 1 is 1.36 bits per heavy atom. The largest absolute Gasteiger partial charge is 0.497 e. The number of hydrogen-bond donors (Lipinski definition) is 1. The van der Waals surface area contributed by atoms with Crippen molar-refractivity contribution in [3.63, 3.8) is 0 Å². The summed E-state index contributed by atoms with van der Waals surface area (Å²) >= 11 is 1.50. The van der Waals surface area contributed by atoms with Crippen molar-refractivity contribution in [1.82, 2.24) is 10.3 Å². The summed E-state index contributed by atoms with van der Waals surface area (Å²) in [5, 5.41) is 2.64. The third kappa shape index (κ3) is 4.27. The number of aromatic nitrogens is 1. The molecule has 0 saturated carbocycles. The number of nitrogens with one attached hydrogen (secondary N) is 1. The van der Waals surface area contributed by atoms with Gasteiger partial charge in [-0.2, -0.15) is 0 Å². The highest BCUT2D eigenvalue weighted by molar-refractivity contribution is 8.00. The maximum Gasteiger partial charge on any atom is 0.233 e. The number of oxazole rings is 1. The molecule has 0 aliphatic carbocycles. The molecule has 1 amide bonds. The van der Waals surface area contributed by atoms with Gasteiger partial charge in [-0.05, 0) is 45.0 Å². The number of carbonyl (C=O) groups excluding carboxylic acids is 1. The third-order valence-electron chi connectivity index (χ3n) is 3.23. The van der Waals surface area contributed by atoms with Crippen LogP contribution in [0, 0.1) is 13.8 Å². The van der Waals surface area contributed by atoms with Gasteiger partial charge in [0.25, 0.3) is 0 Å². The van der Waals surface area contributed by atoms with E-state index in [1.54, 1.807) is 7.11 Å². The van der Waals surface area contributed by atoms with Crippen LogP contribution in [0.3, 0.4) is 0 Å². The highest BCUT2D eigenvalue weighted by Crippen LogP contribution is 2.25. The van der Waals surface area contributed by atoms with E-state index in [2.05, 4.69) is 10.3 Å². The molecule has 0 fully saturated rings. The highest BCUT2D eigenvalue weighted by Gasteiger charge is 2.15. The predicted molar refractivity (Wildman–Crippen MR) is 86.1 cm³/mol. The van der Waals surface area contributed by atoms with Gasteiger partial charge in [0.1, 0.15) is 11.5 Å². The Kier molecular flexibility index (Phi) is 5.49. The minimum Gasteiger partial charge on any atom is -0.497 e. The molecule has 22 heavy (non-hydrogen) atoms. The normalized spacial score (nSPS) is 12.0. The number of methoxy groups -OCH3 is 1. The Labute approximate surface area is 134 Å². The van der Waals surface area contributed by atoms with Gasteiger partial charge in [0.2, 0.25) is 11.8 Å². The number of rotatable bonds is 6. The summed E-state index contributed by atoms with van der Waals surface area (Å²) in [6.07, 6.45) is 0. The average Bonchev–Trinajstić information content (AvgIpc) is 2.84. The number of thioether (sulfide) groups is 1. The SMILES string of the molecule is COc1ccc(SC(C)C(=O)NCc2nc(C)c(C)o2)cc1. The van der Waals surface area contributed by atoms with Crippen LogP contribution < -0.4 is 10.1 Å². The highest BCUT2D eigenvalue weighted by atomic mass is 32.2. The summed E-state index contributed by atoms with van der Waals surface area (Å²) in [5.41, 5.74) is 0.852. The summed E-state index contributed by atoms with van der Waals surface area (Å²) in [5.74, 6) is 2.07. The molecule has 1 N–H and O–H groups in total. The Balaban J connectivity index is 1.85. The van der Waals surface area contributed by atoms with Crippen molar-refractivity contribution in [2.75, 3.05) is 7.11 Å². The minimum atomic E-state index is -0.203. The quantitative estimate of drug-likeness (QED) is 0.829. The Morgan fingerprint density at radius 3 is 2.59 bits per heavy atom. The fourth-order valence-electron chi connectivity index (χ4n) is 1.83. The lowest BCUT2D eigenvalue weighted by Crippen LogP contribution is -2.30. The van der Waals surface area contributed by atoms with Crippen molar-refractivity contribution < 1.29 is 13.9 Å². The lowest BCUT2D eigenvalue weighted by Gasteiger charge is -2.11. The van der Waals surface area contributed by atoms with Crippen LogP contribution in [0.1, 0.15) is 24.3 Å². The molecule has 0 saturated heterocycles. The van der Waals surface area contributed by atoms with Gasteiger partial charge >= 0.3 is 0 Å². The van der Waals surface area contributed by atoms with Crippen molar-refractivity contribution in [2.24, 2.45) is 0 Å². The summed E-state index contributed by atoms with van der Waals surface area (Å²) in [7, 11) is 1.63. The monoisotopic (exact) mass is 320 g/mol. The molecule has 0 radical (unpaired) electrons. The van der Waals surface area contributed by atoms with E-state index < -0.39 is 0 Å². The maximum atomic E-state index is 12.1. The molecule has 2 aromatic rings. The van der Waals surface area contributed by atoms with E-state index in [0.717, 1.165) is 22.1 Å². The second kappa shape index (κ2) is 7.35. The zero-order chi connectivity index (χ0) is 16.1.